The second kappa shape index (κ2) is 6.24. The molecule has 0 spiro atoms. The van der Waals surface area contributed by atoms with Gasteiger partial charge in [0.1, 0.15) is 11.5 Å². The van der Waals surface area contributed by atoms with Crippen molar-refractivity contribution in [2.45, 2.75) is 53.0 Å². The smallest absolute Gasteiger partial charge is 0.180 e. The number of rotatable bonds is 5. The zero-order valence-electron chi connectivity index (χ0n) is 13.6. The van der Waals surface area contributed by atoms with Crippen LogP contribution in [0.1, 0.15) is 46.7 Å². The Morgan fingerprint density at radius 2 is 1.95 bits per heavy atom. The summed E-state index contributed by atoms with van der Waals surface area (Å²) >= 11 is 0. The van der Waals surface area contributed by atoms with E-state index in [2.05, 4.69) is 50.0 Å². The second-order valence-corrected chi connectivity index (χ2v) is 6.17. The lowest BCUT2D eigenvalue weighted by Gasteiger charge is -2.20. The van der Waals surface area contributed by atoms with Crippen LogP contribution < -0.4 is 5.32 Å². The highest BCUT2D eigenvalue weighted by molar-refractivity contribution is 5.54. The molecule has 0 aliphatic rings. The molecule has 0 atom stereocenters. The van der Waals surface area contributed by atoms with Gasteiger partial charge in [0.15, 0.2) is 5.82 Å². The van der Waals surface area contributed by atoms with E-state index >= 15 is 0 Å². The number of aryl methyl sites for hydroxylation is 1. The van der Waals surface area contributed by atoms with Gasteiger partial charge in [-0.2, -0.15) is 5.10 Å². The van der Waals surface area contributed by atoms with E-state index < -0.39 is 0 Å². The molecule has 0 fully saturated rings. The fraction of sp³-hybridized carbons (Fsp3) is 0.562. The Morgan fingerprint density at radius 3 is 2.57 bits per heavy atom. The molecule has 2 heterocycles. The summed E-state index contributed by atoms with van der Waals surface area (Å²) in [5.74, 6) is 1.62. The van der Waals surface area contributed by atoms with Crippen LogP contribution in [0.15, 0.2) is 18.3 Å². The first-order valence-electron chi connectivity index (χ1n) is 7.61. The van der Waals surface area contributed by atoms with Gasteiger partial charge in [-0.05, 0) is 19.4 Å². The van der Waals surface area contributed by atoms with Crippen molar-refractivity contribution in [2.75, 3.05) is 11.9 Å². The van der Waals surface area contributed by atoms with Gasteiger partial charge in [-0.3, -0.25) is 4.68 Å². The molecule has 2 rings (SSSR count). The third-order valence-corrected chi connectivity index (χ3v) is 3.30. The number of aromatic nitrogens is 4. The molecule has 0 aliphatic carbocycles. The summed E-state index contributed by atoms with van der Waals surface area (Å²) in [6.45, 7) is 12.4. The van der Waals surface area contributed by atoms with E-state index in [1.165, 1.54) is 0 Å². The van der Waals surface area contributed by atoms with Crippen molar-refractivity contribution in [1.29, 1.82) is 0 Å². The van der Waals surface area contributed by atoms with Crippen LogP contribution in [0.25, 0.3) is 11.5 Å². The van der Waals surface area contributed by atoms with Crippen molar-refractivity contribution in [3.8, 4) is 11.5 Å². The number of hydrogen-bond acceptors (Lipinski definition) is 4. The Kier molecular flexibility index (Phi) is 4.60. The third kappa shape index (κ3) is 3.60. The molecule has 114 valence electrons. The maximum atomic E-state index is 4.75. The lowest BCUT2D eigenvalue weighted by molar-refractivity contribution is 0.567. The third-order valence-electron chi connectivity index (χ3n) is 3.30. The molecular formula is C16H25N5. The molecule has 1 N–H and O–H groups in total. The molecular weight excluding hydrogens is 262 g/mol. The lowest BCUT2D eigenvalue weighted by atomic mass is 9.92. The van der Waals surface area contributed by atoms with Crippen LogP contribution in [0.4, 0.5) is 5.82 Å². The summed E-state index contributed by atoms with van der Waals surface area (Å²) in [4.78, 5) is 9.40. The molecule has 0 radical (unpaired) electrons. The average molecular weight is 287 g/mol. The van der Waals surface area contributed by atoms with Crippen LogP contribution in [-0.2, 0) is 12.0 Å². The quantitative estimate of drug-likeness (QED) is 0.914. The second-order valence-electron chi connectivity index (χ2n) is 6.17. The van der Waals surface area contributed by atoms with E-state index in [9.17, 15) is 0 Å². The van der Waals surface area contributed by atoms with Crippen molar-refractivity contribution in [3.63, 3.8) is 0 Å². The van der Waals surface area contributed by atoms with Crippen LogP contribution in [0.3, 0.4) is 0 Å². The molecule has 2 aromatic heterocycles. The van der Waals surface area contributed by atoms with Gasteiger partial charge < -0.3 is 5.32 Å². The van der Waals surface area contributed by atoms with E-state index in [1.807, 2.05) is 16.8 Å². The Morgan fingerprint density at radius 1 is 1.19 bits per heavy atom. The minimum absolute atomic E-state index is 0.0165. The van der Waals surface area contributed by atoms with Crippen LogP contribution in [0.5, 0.6) is 0 Å². The summed E-state index contributed by atoms with van der Waals surface area (Å²) in [5.41, 5.74) is 1.98. The molecule has 0 aromatic carbocycles. The largest absolute Gasteiger partial charge is 0.370 e. The van der Waals surface area contributed by atoms with E-state index in [4.69, 9.17) is 4.98 Å². The van der Waals surface area contributed by atoms with Crippen molar-refractivity contribution in [1.82, 2.24) is 19.7 Å². The predicted octanol–water partition coefficient (Wildman–Crippen LogP) is 3.48. The molecule has 5 heteroatoms. The Hall–Kier alpha value is -1.91. The summed E-state index contributed by atoms with van der Waals surface area (Å²) in [5, 5.41) is 7.68. The van der Waals surface area contributed by atoms with Crippen molar-refractivity contribution in [2.24, 2.45) is 0 Å². The molecule has 5 nitrogen and oxygen atoms in total. The number of nitrogens with zero attached hydrogens (tertiary/aromatic N) is 4. The van der Waals surface area contributed by atoms with Crippen LogP contribution in [-0.4, -0.2) is 26.3 Å². The fourth-order valence-corrected chi connectivity index (χ4v) is 2.06. The fourth-order valence-electron chi connectivity index (χ4n) is 2.06. The number of hydrogen-bond donors (Lipinski definition) is 1. The summed E-state index contributed by atoms with van der Waals surface area (Å²) in [6.07, 6.45) is 2.86. The summed E-state index contributed by atoms with van der Waals surface area (Å²) in [7, 11) is 0. The van der Waals surface area contributed by atoms with E-state index in [-0.39, 0.29) is 5.41 Å². The maximum Gasteiger partial charge on any atom is 0.180 e. The van der Waals surface area contributed by atoms with Gasteiger partial charge in [0.25, 0.3) is 0 Å². The molecule has 0 amide bonds. The predicted molar refractivity (Wildman–Crippen MR) is 86.4 cm³/mol. The minimum atomic E-state index is -0.0165. The molecule has 0 aliphatic heterocycles. The lowest BCUT2D eigenvalue weighted by Crippen LogP contribution is -2.16. The first-order chi connectivity index (χ1) is 9.95. The molecule has 0 saturated carbocycles. The van der Waals surface area contributed by atoms with Gasteiger partial charge in [-0.15, -0.1) is 0 Å². The first-order valence-corrected chi connectivity index (χ1v) is 7.61. The van der Waals surface area contributed by atoms with E-state index in [1.54, 1.807) is 6.20 Å². The van der Waals surface area contributed by atoms with Gasteiger partial charge in [0.05, 0.1) is 5.69 Å². The van der Waals surface area contributed by atoms with Crippen molar-refractivity contribution >= 4 is 5.82 Å². The number of anilines is 1. The van der Waals surface area contributed by atoms with Crippen molar-refractivity contribution in [3.05, 3.63) is 24.0 Å². The summed E-state index contributed by atoms with van der Waals surface area (Å²) < 4.78 is 1.92. The van der Waals surface area contributed by atoms with Gasteiger partial charge >= 0.3 is 0 Å². The monoisotopic (exact) mass is 287 g/mol. The topological polar surface area (TPSA) is 55.6 Å². The minimum Gasteiger partial charge on any atom is -0.370 e. The first kappa shape index (κ1) is 15.5. The maximum absolute atomic E-state index is 4.75. The molecule has 0 bridgehead atoms. The van der Waals surface area contributed by atoms with Gasteiger partial charge in [0, 0.05) is 30.8 Å². The average Bonchev–Trinajstić information content (AvgIpc) is 2.92. The summed E-state index contributed by atoms with van der Waals surface area (Å²) in [6, 6.07) is 4.01. The standard InChI is InChI=1S/C16H25N5/c1-6-9-17-14-11-13(16(3,4)5)19-15(20-14)12-8-10-18-21(12)7-2/h8,10-11H,6-7,9H2,1-5H3,(H,17,19,20). The Balaban J connectivity index is 2.49. The van der Waals surface area contributed by atoms with Crippen molar-refractivity contribution < 1.29 is 0 Å². The zero-order chi connectivity index (χ0) is 15.5. The molecule has 21 heavy (non-hydrogen) atoms. The Labute approximate surface area is 126 Å². The highest BCUT2D eigenvalue weighted by atomic mass is 15.3. The SMILES string of the molecule is CCCNc1cc(C(C)(C)C)nc(-c2ccnn2CC)n1. The van der Waals surface area contributed by atoms with Crippen LogP contribution >= 0.6 is 0 Å². The van der Waals surface area contributed by atoms with Crippen LogP contribution in [0, 0.1) is 0 Å². The van der Waals surface area contributed by atoms with E-state index in [0.29, 0.717) is 0 Å². The highest BCUT2D eigenvalue weighted by Gasteiger charge is 2.19. The number of nitrogens with one attached hydrogen (secondary N) is 1. The van der Waals surface area contributed by atoms with Gasteiger partial charge in [-0.1, -0.05) is 27.7 Å². The zero-order valence-corrected chi connectivity index (χ0v) is 13.6. The Bertz CT molecular complexity index is 595. The molecule has 0 unspecified atom stereocenters. The normalized spacial score (nSPS) is 11.7. The highest BCUT2D eigenvalue weighted by Crippen LogP contribution is 2.25. The van der Waals surface area contributed by atoms with Crippen LogP contribution in [0.2, 0.25) is 0 Å². The van der Waals surface area contributed by atoms with Gasteiger partial charge in [0.2, 0.25) is 0 Å². The molecule has 2 aromatic rings. The molecule has 0 saturated heterocycles. The van der Waals surface area contributed by atoms with E-state index in [0.717, 1.165) is 42.5 Å². The van der Waals surface area contributed by atoms with Gasteiger partial charge in [-0.25, -0.2) is 9.97 Å².